The number of nitrogens with zero attached hydrogens (tertiary/aromatic N) is 2. The number of benzene rings is 1. The molecule has 0 saturated carbocycles. The zero-order valence-corrected chi connectivity index (χ0v) is 16.0. The van der Waals surface area contributed by atoms with Crippen LogP contribution in [-0.4, -0.2) is 35.0 Å². The van der Waals surface area contributed by atoms with Gasteiger partial charge in [0.1, 0.15) is 17.5 Å². The number of likely N-dealkylation sites (N-methyl/N-ethyl adjacent to an activating group) is 1. The number of rotatable bonds is 7. The summed E-state index contributed by atoms with van der Waals surface area (Å²) in [6.45, 7) is 2.12. The first-order valence-electron chi connectivity index (χ1n) is 8.58. The van der Waals surface area contributed by atoms with Gasteiger partial charge in [0.05, 0.1) is 11.4 Å². The minimum absolute atomic E-state index is 0.176. The highest BCUT2D eigenvalue weighted by Gasteiger charge is 2.25. The van der Waals surface area contributed by atoms with Crippen LogP contribution in [0.25, 0.3) is 0 Å². The van der Waals surface area contributed by atoms with Crippen molar-refractivity contribution in [2.75, 3.05) is 7.05 Å². The van der Waals surface area contributed by atoms with Crippen LogP contribution >= 0.6 is 11.3 Å². The Hall–Kier alpha value is -2.93. The standard InChI is InChI=1S/C20H21N3O3S/c1-14-11-16(22-26-14)13-23(2)20(25)17(12-15-7-4-3-5-8-15)21-19(24)18-9-6-10-27-18/h3-11,17H,12-13H2,1-2H3,(H,21,24)/t17-/m1/s1. The average molecular weight is 383 g/mol. The van der Waals surface area contributed by atoms with E-state index in [2.05, 4.69) is 10.5 Å². The Morgan fingerprint density at radius 3 is 2.63 bits per heavy atom. The molecule has 1 N–H and O–H groups in total. The smallest absolute Gasteiger partial charge is 0.262 e. The van der Waals surface area contributed by atoms with Crippen molar-refractivity contribution in [2.24, 2.45) is 0 Å². The van der Waals surface area contributed by atoms with Gasteiger partial charge in [-0.05, 0) is 23.9 Å². The zero-order chi connectivity index (χ0) is 19.2. The molecule has 0 aliphatic carbocycles. The number of carbonyl (C=O) groups excluding carboxylic acids is 2. The van der Waals surface area contributed by atoms with Crippen molar-refractivity contribution in [3.8, 4) is 0 Å². The lowest BCUT2D eigenvalue weighted by Gasteiger charge is -2.24. The van der Waals surface area contributed by atoms with Gasteiger partial charge in [0.15, 0.2) is 0 Å². The number of thiophene rings is 1. The van der Waals surface area contributed by atoms with E-state index in [1.54, 1.807) is 31.0 Å². The van der Waals surface area contributed by atoms with Gasteiger partial charge in [-0.3, -0.25) is 9.59 Å². The molecule has 0 spiro atoms. The van der Waals surface area contributed by atoms with Gasteiger partial charge in [-0.25, -0.2) is 0 Å². The molecule has 7 heteroatoms. The highest BCUT2D eigenvalue weighted by atomic mass is 32.1. The Kier molecular flexibility index (Phi) is 6.03. The number of hydrogen-bond acceptors (Lipinski definition) is 5. The molecule has 0 aliphatic heterocycles. The van der Waals surface area contributed by atoms with Crippen LogP contribution in [-0.2, 0) is 17.8 Å². The van der Waals surface area contributed by atoms with Crippen LogP contribution in [0.4, 0.5) is 0 Å². The van der Waals surface area contributed by atoms with E-state index in [0.29, 0.717) is 29.3 Å². The van der Waals surface area contributed by atoms with Crippen LogP contribution in [0.2, 0.25) is 0 Å². The molecule has 27 heavy (non-hydrogen) atoms. The molecule has 0 radical (unpaired) electrons. The Morgan fingerprint density at radius 1 is 1.22 bits per heavy atom. The molecule has 0 saturated heterocycles. The Bertz CT molecular complexity index is 890. The Morgan fingerprint density at radius 2 is 2.00 bits per heavy atom. The summed E-state index contributed by atoms with van der Waals surface area (Å²) in [7, 11) is 1.70. The highest BCUT2D eigenvalue weighted by molar-refractivity contribution is 7.12. The maximum Gasteiger partial charge on any atom is 0.262 e. The van der Waals surface area contributed by atoms with Crippen molar-refractivity contribution in [3.05, 3.63) is 75.8 Å². The van der Waals surface area contributed by atoms with Gasteiger partial charge in [0, 0.05) is 19.5 Å². The lowest BCUT2D eigenvalue weighted by atomic mass is 10.0. The van der Waals surface area contributed by atoms with Crippen molar-refractivity contribution >= 4 is 23.2 Å². The van der Waals surface area contributed by atoms with Crippen LogP contribution in [0.15, 0.2) is 58.4 Å². The third-order valence-electron chi connectivity index (χ3n) is 4.08. The van der Waals surface area contributed by atoms with Crippen LogP contribution in [0, 0.1) is 6.92 Å². The molecule has 2 amide bonds. The van der Waals surface area contributed by atoms with Gasteiger partial charge in [-0.15, -0.1) is 11.3 Å². The molecule has 0 fully saturated rings. The molecule has 1 aromatic carbocycles. The van der Waals surface area contributed by atoms with E-state index >= 15 is 0 Å². The van der Waals surface area contributed by atoms with Gasteiger partial charge in [0.25, 0.3) is 5.91 Å². The van der Waals surface area contributed by atoms with Crippen LogP contribution in [0.5, 0.6) is 0 Å². The Balaban J connectivity index is 1.74. The predicted octanol–water partition coefficient (Wildman–Crippen LogP) is 3.04. The van der Waals surface area contributed by atoms with Gasteiger partial charge < -0.3 is 14.7 Å². The average Bonchev–Trinajstić information content (AvgIpc) is 3.33. The molecule has 3 aromatic rings. The number of aryl methyl sites for hydroxylation is 1. The second-order valence-electron chi connectivity index (χ2n) is 6.32. The van der Waals surface area contributed by atoms with Gasteiger partial charge in [-0.2, -0.15) is 0 Å². The fraction of sp³-hybridized carbons (Fsp3) is 0.250. The Labute approximate surface area is 161 Å². The molecule has 2 heterocycles. The zero-order valence-electron chi connectivity index (χ0n) is 15.2. The van der Waals surface area contributed by atoms with Crippen molar-refractivity contribution < 1.29 is 14.1 Å². The van der Waals surface area contributed by atoms with Crippen LogP contribution in [0.1, 0.15) is 26.7 Å². The summed E-state index contributed by atoms with van der Waals surface area (Å²) >= 11 is 1.35. The lowest BCUT2D eigenvalue weighted by molar-refractivity contribution is -0.132. The molecular weight excluding hydrogens is 362 g/mol. The summed E-state index contributed by atoms with van der Waals surface area (Å²) in [6.07, 6.45) is 0.416. The van der Waals surface area contributed by atoms with E-state index in [0.717, 1.165) is 5.56 Å². The normalized spacial score (nSPS) is 11.8. The number of hydrogen-bond donors (Lipinski definition) is 1. The minimum atomic E-state index is -0.667. The van der Waals surface area contributed by atoms with Crippen molar-refractivity contribution in [1.29, 1.82) is 0 Å². The first kappa shape index (κ1) is 18.8. The molecule has 1 atom stereocenters. The quantitative estimate of drug-likeness (QED) is 0.680. The summed E-state index contributed by atoms with van der Waals surface area (Å²) in [4.78, 5) is 27.7. The van der Waals surface area contributed by atoms with Gasteiger partial charge >= 0.3 is 0 Å². The van der Waals surface area contributed by atoms with E-state index < -0.39 is 6.04 Å². The molecule has 140 valence electrons. The highest BCUT2D eigenvalue weighted by Crippen LogP contribution is 2.12. The third-order valence-corrected chi connectivity index (χ3v) is 4.95. The first-order valence-corrected chi connectivity index (χ1v) is 9.46. The fourth-order valence-electron chi connectivity index (χ4n) is 2.77. The molecule has 0 bridgehead atoms. The molecule has 2 aromatic heterocycles. The molecule has 0 unspecified atom stereocenters. The second-order valence-corrected chi connectivity index (χ2v) is 7.26. The predicted molar refractivity (Wildman–Crippen MR) is 103 cm³/mol. The summed E-state index contributed by atoms with van der Waals surface area (Å²) < 4.78 is 5.06. The molecular formula is C20H21N3O3S. The second kappa shape index (κ2) is 8.64. The van der Waals surface area contributed by atoms with Crippen molar-refractivity contribution in [2.45, 2.75) is 25.9 Å². The van der Waals surface area contributed by atoms with E-state index in [1.807, 2.05) is 41.8 Å². The third kappa shape index (κ3) is 5.04. The number of carbonyl (C=O) groups is 2. The van der Waals surface area contributed by atoms with E-state index in [1.165, 1.54) is 11.3 Å². The number of nitrogens with one attached hydrogen (secondary N) is 1. The van der Waals surface area contributed by atoms with Crippen LogP contribution < -0.4 is 5.32 Å². The summed E-state index contributed by atoms with van der Waals surface area (Å²) in [5.41, 5.74) is 1.65. The maximum atomic E-state index is 13.0. The van der Waals surface area contributed by atoms with Gasteiger partial charge in [-0.1, -0.05) is 41.6 Å². The molecule has 6 nitrogen and oxygen atoms in total. The lowest BCUT2D eigenvalue weighted by Crippen LogP contribution is -2.48. The monoisotopic (exact) mass is 383 g/mol. The maximum absolute atomic E-state index is 13.0. The first-order chi connectivity index (χ1) is 13.0. The topological polar surface area (TPSA) is 75.4 Å². The van der Waals surface area contributed by atoms with E-state index in [4.69, 9.17) is 4.52 Å². The number of amides is 2. The van der Waals surface area contributed by atoms with E-state index in [-0.39, 0.29) is 11.8 Å². The van der Waals surface area contributed by atoms with Crippen LogP contribution in [0.3, 0.4) is 0 Å². The van der Waals surface area contributed by atoms with E-state index in [9.17, 15) is 9.59 Å². The minimum Gasteiger partial charge on any atom is -0.361 e. The molecule has 3 rings (SSSR count). The van der Waals surface area contributed by atoms with Gasteiger partial charge in [0.2, 0.25) is 5.91 Å². The summed E-state index contributed by atoms with van der Waals surface area (Å²) in [5.74, 6) is 0.270. The SMILES string of the molecule is Cc1cc(CN(C)C(=O)[C@@H](Cc2ccccc2)NC(=O)c2cccs2)no1. The summed E-state index contributed by atoms with van der Waals surface area (Å²) in [5, 5.41) is 8.64. The summed E-state index contributed by atoms with van der Waals surface area (Å²) in [6, 6.07) is 14.3. The largest absolute Gasteiger partial charge is 0.361 e. The number of aromatic nitrogens is 1. The molecule has 0 aliphatic rings. The van der Waals surface area contributed by atoms with Crippen molar-refractivity contribution in [3.63, 3.8) is 0 Å². The fourth-order valence-corrected chi connectivity index (χ4v) is 3.39. The van der Waals surface area contributed by atoms with Crippen molar-refractivity contribution in [1.82, 2.24) is 15.4 Å².